The molecule has 0 aliphatic rings. The Bertz CT molecular complexity index is 134. The first-order valence-electron chi connectivity index (χ1n) is 4.47. The van der Waals surface area contributed by atoms with Gasteiger partial charge in [0.25, 0.3) is 0 Å². The van der Waals surface area contributed by atoms with Gasteiger partial charge in [-0.25, -0.2) is 0 Å². The van der Waals surface area contributed by atoms with Crippen LogP contribution in [0.1, 0.15) is 40.0 Å². The van der Waals surface area contributed by atoms with E-state index in [2.05, 4.69) is 0 Å². The van der Waals surface area contributed by atoms with E-state index in [0.29, 0.717) is 6.42 Å². The van der Waals surface area contributed by atoms with Gasteiger partial charge in [0, 0.05) is 6.92 Å². The van der Waals surface area contributed by atoms with Crippen molar-refractivity contribution < 1.29 is 14.6 Å². The summed E-state index contributed by atoms with van der Waals surface area (Å²) in [5.74, 6) is -0.319. The lowest BCUT2D eigenvalue weighted by atomic mass is 10.1. The molecule has 2 unspecified atom stereocenters. The van der Waals surface area contributed by atoms with Gasteiger partial charge in [0.1, 0.15) is 6.10 Å². The fraction of sp³-hybridized carbons (Fsp3) is 0.889. The fourth-order valence-corrected chi connectivity index (χ4v) is 1.09. The van der Waals surface area contributed by atoms with Crippen LogP contribution < -0.4 is 0 Å². The molecule has 0 saturated carbocycles. The molecule has 0 bridgehead atoms. The van der Waals surface area contributed by atoms with E-state index in [-0.39, 0.29) is 12.1 Å². The third kappa shape index (κ3) is 4.34. The zero-order valence-corrected chi connectivity index (χ0v) is 8.04. The summed E-state index contributed by atoms with van der Waals surface area (Å²) >= 11 is 0. The molecule has 0 amide bonds. The minimum absolute atomic E-state index is 0.319. The van der Waals surface area contributed by atoms with Gasteiger partial charge < -0.3 is 9.84 Å². The molecule has 0 aliphatic heterocycles. The van der Waals surface area contributed by atoms with E-state index in [4.69, 9.17) is 4.74 Å². The van der Waals surface area contributed by atoms with Gasteiger partial charge >= 0.3 is 5.97 Å². The number of rotatable bonds is 5. The molecule has 2 atom stereocenters. The molecule has 12 heavy (non-hydrogen) atoms. The number of carbonyl (C=O) groups is 1. The third-order valence-corrected chi connectivity index (χ3v) is 1.74. The molecule has 0 radical (unpaired) electrons. The number of carbonyl (C=O) groups excluding carboxylic acids is 1. The number of aliphatic hydroxyl groups is 1. The molecule has 0 aromatic rings. The van der Waals surface area contributed by atoms with E-state index >= 15 is 0 Å². The van der Waals surface area contributed by atoms with Crippen LogP contribution >= 0.6 is 0 Å². The van der Waals surface area contributed by atoms with Crippen LogP contribution in [0.4, 0.5) is 0 Å². The van der Waals surface area contributed by atoms with Crippen LogP contribution in [-0.4, -0.2) is 23.3 Å². The lowest BCUT2D eigenvalue weighted by molar-refractivity contribution is -0.152. The Balaban J connectivity index is 3.93. The van der Waals surface area contributed by atoms with Gasteiger partial charge in [-0.2, -0.15) is 0 Å². The number of hydrogen-bond donors (Lipinski definition) is 1. The van der Waals surface area contributed by atoms with Gasteiger partial charge in [-0.05, 0) is 12.8 Å². The Morgan fingerprint density at radius 1 is 1.50 bits per heavy atom. The van der Waals surface area contributed by atoms with Crippen molar-refractivity contribution in [3.05, 3.63) is 0 Å². The van der Waals surface area contributed by atoms with Crippen molar-refractivity contribution in [2.45, 2.75) is 52.2 Å². The van der Waals surface area contributed by atoms with E-state index in [1.807, 2.05) is 13.8 Å². The molecule has 0 aromatic carbocycles. The molecule has 0 rings (SSSR count). The fourth-order valence-electron chi connectivity index (χ4n) is 1.09. The maximum atomic E-state index is 10.6. The van der Waals surface area contributed by atoms with Crippen LogP contribution in [0.15, 0.2) is 0 Å². The van der Waals surface area contributed by atoms with Crippen LogP contribution in [0.5, 0.6) is 0 Å². The summed E-state index contributed by atoms with van der Waals surface area (Å²) in [7, 11) is 0. The SMILES string of the molecule is CCCC(OC(C)=O)C(O)CC. The number of ether oxygens (including phenoxy) is 1. The second-order valence-electron chi connectivity index (χ2n) is 2.91. The largest absolute Gasteiger partial charge is 0.460 e. The number of aliphatic hydroxyl groups excluding tert-OH is 1. The summed E-state index contributed by atoms with van der Waals surface area (Å²) in [6.07, 6.45) is 1.42. The highest BCUT2D eigenvalue weighted by molar-refractivity contribution is 5.66. The molecule has 0 aliphatic carbocycles. The van der Waals surface area contributed by atoms with Crippen LogP contribution in [0.2, 0.25) is 0 Å². The van der Waals surface area contributed by atoms with Gasteiger partial charge in [-0.1, -0.05) is 20.3 Å². The zero-order chi connectivity index (χ0) is 9.56. The smallest absolute Gasteiger partial charge is 0.302 e. The first-order valence-corrected chi connectivity index (χ1v) is 4.47. The maximum Gasteiger partial charge on any atom is 0.302 e. The molecule has 0 fully saturated rings. The summed E-state index contributed by atoms with van der Waals surface area (Å²) in [5, 5.41) is 9.42. The molecule has 0 spiro atoms. The molecule has 3 nitrogen and oxygen atoms in total. The minimum atomic E-state index is -0.520. The summed E-state index contributed by atoms with van der Waals surface area (Å²) in [6.45, 7) is 5.24. The Morgan fingerprint density at radius 2 is 2.08 bits per heavy atom. The quantitative estimate of drug-likeness (QED) is 0.642. The standard InChI is InChI=1S/C9H18O3/c1-4-6-9(8(11)5-2)12-7(3)10/h8-9,11H,4-6H2,1-3H3. The normalized spacial score (nSPS) is 15.3. The number of esters is 1. The average Bonchev–Trinajstić information content (AvgIpc) is 2.01. The van der Waals surface area contributed by atoms with E-state index in [1.54, 1.807) is 0 Å². The number of hydrogen-bond acceptors (Lipinski definition) is 3. The lowest BCUT2D eigenvalue weighted by Gasteiger charge is -2.20. The minimum Gasteiger partial charge on any atom is -0.460 e. The highest BCUT2D eigenvalue weighted by Crippen LogP contribution is 2.10. The van der Waals surface area contributed by atoms with Crippen LogP contribution in [0.3, 0.4) is 0 Å². The molecule has 0 heterocycles. The Kier molecular flexibility index (Phi) is 5.72. The molecule has 1 N–H and O–H groups in total. The van der Waals surface area contributed by atoms with Crippen LogP contribution in [-0.2, 0) is 9.53 Å². The zero-order valence-electron chi connectivity index (χ0n) is 8.04. The first kappa shape index (κ1) is 11.4. The van der Waals surface area contributed by atoms with E-state index in [1.165, 1.54) is 6.92 Å². The van der Waals surface area contributed by atoms with Crippen molar-refractivity contribution in [2.24, 2.45) is 0 Å². The molecule has 0 aromatic heterocycles. The maximum absolute atomic E-state index is 10.6. The molecule has 72 valence electrons. The lowest BCUT2D eigenvalue weighted by Crippen LogP contribution is -2.29. The van der Waals surface area contributed by atoms with Crippen molar-refractivity contribution in [3.8, 4) is 0 Å². The van der Waals surface area contributed by atoms with E-state index in [0.717, 1.165) is 12.8 Å². The topological polar surface area (TPSA) is 46.5 Å². The third-order valence-electron chi connectivity index (χ3n) is 1.74. The van der Waals surface area contributed by atoms with Crippen molar-refractivity contribution >= 4 is 5.97 Å². The van der Waals surface area contributed by atoms with Gasteiger partial charge in [0.2, 0.25) is 0 Å². The van der Waals surface area contributed by atoms with Crippen molar-refractivity contribution in [2.75, 3.05) is 0 Å². The van der Waals surface area contributed by atoms with Crippen molar-refractivity contribution in [1.82, 2.24) is 0 Å². The monoisotopic (exact) mass is 174 g/mol. The molecular weight excluding hydrogens is 156 g/mol. The second kappa shape index (κ2) is 6.00. The summed E-state index contributed by atoms with van der Waals surface area (Å²) in [5.41, 5.74) is 0. The van der Waals surface area contributed by atoms with Crippen LogP contribution in [0, 0.1) is 0 Å². The van der Waals surface area contributed by atoms with Crippen LogP contribution in [0.25, 0.3) is 0 Å². The summed E-state index contributed by atoms with van der Waals surface area (Å²) < 4.78 is 4.95. The second-order valence-corrected chi connectivity index (χ2v) is 2.91. The van der Waals surface area contributed by atoms with Gasteiger partial charge in [-0.15, -0.1) is 0 Å². The van der Waals surface area contributed by atoms with E-state index < -0.39 is 6.10 Å². The highest BCUT2D eigenvalue weighted by Gasteiger charge is 2.18. The van der Waals surface area contributed by atoms with Gasteiger partial charge in [0.05, 0.1) is 6.10 Å². The molecular formula is C9H18O3. The van der Waals surface area contributed by atoms with Gasteiger partial charge in [0.15, 0.2) is 0 Å². The van der Waals surface area contributed by atoms with Crippen molar-refractivity contribution in [1.29, 1.82) is 0 Å². The van der Waals surface area contributed by atoms with Crippen molar-refractivity contribution in [3.63, 3.8) is 0 Å². The van der Waals surface area contributed by atoms with E-state index in [9.17, 15) is 9.90 Å². The predicted molar refractivity (Wildman–Crippen MR) is 46.8 cm³/mol. The summed E-state index contributed by atoms with van der Waals surface area (Å²) in [6, 6.07) is 0. The Hall–Kier alpha value is -0.570. The average molecular weight is 174 g/mol. The Labute approximate surface area is 73.7 Å². The highest BCUT2D eigenvalue weighted by atomic mass is 16.6. The van der Waals surface area contributed by atoms with Gasteiger partial charge in [-0.3, -0.25) is 4.79 Å². The molecule has 3 heteroatoms. The summed E-state index contributed by atoms with van der Waals surface area (Å²) in [4.78, 5) is 10.6. The first-order chi connectivity index (χ1) is 5.61. The molecule has 0 saturated heterocycles. The Morgan fingerprint density at radius 3 is 2.42 bits per heavy atom. The predicted octanol–water partition coefficient (Wildman–Crippen LogP) is 1.49.